The highest BCUT2D eigenvalue weighted by atomic mass is 16.5. The fourth-order valence-electron chi connectivity index (χ4n) is 2.45. The van der Waals surface area contributed by atoms with E-state index in [9.17, 15) is 15.2 Å². The molecule has 1 N–H and O–H groups in total. The predicted molar refractivity (Wildman–Crippen MR) is 74.9 cm³/mol. The van der Waals surface area contributed by atoms with Crippen LogP contribution in [0.15, 0.2) is 18.2 Å². The lowest BCUT2D eigenvalue weighted by molar-refractivity contribution is -0.149. The van der Waals surface area contributed by atoms with Crippen LogP contribution in [0.4, 0.5) is 5.69 Å². The van der Waals surface area contributed by atoms with Gasteiger partial charge >= 0.3 is 5.97 Å². The number of nitriles is 1. The molecule has 5 nitrogen and oxygen atoms in total. The molecule has 1 heterocycles. The molecule has 1 aliphatic rings. The number of methoxy groups -OCH3 is 1. The fraction of sp³-hybridized carbons (Fsp3) is 0.467. The molecule has 0 unspecified atom stereocenters. The van der Waals surface area contributed by atoms with Crippen LogP contribution in [0.5, 0.6) is 5.75 Å². The van der Waals surface area contributed by atoms with Crippen molar-refractivity contribution in [2.45, 2.75) is 19.8 Å². The molecule has 2 rings (SSSR count). The molecular formula is C15H18N2O3. The number of hydrogen-bond acceptors (Lipinski definition) is 4. The maximum Gasteiger partial charge on any atom is 0.309 e. The number of carboxylic acid groups (broad SMARTS) is 1. The van der Waals surface area contributed by atoms with Gasteiger partial charge in [0.2, 0.25) is 0 Å². The summed E-state index contributed by atoms with van der Waals surface area (Å²) in [6, 6.07) is 7.50. The molecule has 1 aliphatic heterocycles. The second-order valence-electron chi connectivity index (χ2n) is 5.35. The van der Waals surface area contributed by atoms with Gasteiger partial charge in [0.05, 0.1) is 23.8 Å². The monoisotopic (exact) mass is 274 g/mol. The molecule has 1 aromatic carbocycles. The number of hydrogen-bond donors (Lipinski definition) is 1. The van der Waals surface area contributed by atoms with Gasteiger partial charge in [-0.25, -0.2) is 0 Å². The van der Waals surface area contributed by atoms with E-state index in [-0.39, 0.29) is 0 Å². The van der Waals surface area contributed by atoms with Gasteiger partial charge in [-0.05, 0) is 31.9 Å². The first-order valence-corrected chi connectivity index (χ1v) is 6.56. The van der Waals surface area contributed by atoms with Gasteiger partial charge in [0.1, 0.15) is 11.8 Å². The van der Waals surface area contributed by atoms with E-state index < -0.39 is 11.4 Å². The topological polar surface area (TPSA) is 73.6 Å². The minimum absolute atomic E-state index is 0.574. The van der Waals surface area contributed by atoms with Gasteiger partial charge in [0.15, 0.2) is 0 Å². The molecule has 0 saturated carbocycles. The van der Waals surface area contributed by atoms with E-state index in [1.165, 1.54) is 0 Å². The van der Waals surface area contributed by atoms with Crippen LogP contribution in [-0.4, -0.2) is 31.3 Å². The Morgan fingerprint density at radius 3 is 2.60 bits per heavy atom. The molecule has 0 atom stereocenters. The smallest absolute Gasteiger partial charge is 0.309 e. The van der Waals surface area contributed by atoms with Gasteiger partial charge in [-0.2, -0.15) is 5.26 Å². The van der Waals surface area contributed by atoms with Crippen molar-refractivity contribution in [1.29, 1.82) is 5.26 Å². The molecule has 1 fully saturated rings. The Morgan fingerprint density at radius 2 is 2.10 bits per heavy atom. The highest BCUT2D eigenvalue weighted by Crippen LogP contribution is 2.35. The fourth-order valence-corrected chi connectivity index (χ4v) is 2.45. The first-order valence-electron chi connectivity index (χ1n) is 6.56. The van der Waals surface area contributed by atoms with Crippen molar-refractivity contribution in [1.82, 2.24) is 0 Å². The third kappa shape index (κ3) is 2.55. The lowest BCUT2D eigenvalue weighted by Gasteiger charge is -2.38. The number of carbonyl (C=O) groups is 1. The van der Waals surface area contributed by atoms with Crippen molar-refractivity contribution in [3.63, 3.8) is 0 Å². The molecule has 0 bridgehead atoms. The van der Waals surface area contributed by atoms with Crippen LogP contribution >= 0.6 is 0 Å². The average molecular weight is 274 g/mol. The Kier molecular flexibility index (Phi) is 3.84. The van der Waals surface area contributed by atoms with Crippen LogP contribution in [0.2, 0.25) is 0 Å². The summed E-state index contributed by atoms with van der Waals surface area (Å²) in [5, 5.41) is 18.4. The predicted octanol–water partition coefficient (Wildman–Crippen LogP) is 2.26. The van der Waals surface area contributed by atoms with E-state index in [0.29, 0.717) is 37.2 Å². The summed E-state index contributed by atoms with van der Waals surface area (Å²) in [6.45, 7) is 3.04. The van der Waals surface area contributed by atoms with E-state index in [2.05, 4.69) is 11.0 Å². The lowest BCUT2D eigenvalue weighted by Crippen LogP contribution is -2.43. The SMILES string of the molecule is COc1ccc(C#N)c(N2CCC(C)(C(=O)O)CC2)c1. The second-order valence-corrected chi connectivity index (χ2v) is 5.35. The maximum absolute atomic E-state index is 11.3. The molecule has 106 valence electrons. The number of ether oxygens (including phenoxy) is 1. The molecule has 5 heteroatoms. The zero-order chi connectivity index (χ0) is 14.8. The van der Waals surface area contributed by atoms with Crippen LogP contribution in [-0.2, 0) is 4.79 Å². The summed E-state index contributed by atoms with van der Waals surface area (Å²) in [5.74, 6) is -0.0473. The highest BCUT2D eigenvalue weighted by molar-refractivity contribution is 5.75. The van der Waals surface area contributed by atoms with E-state index in [0.717, 1.165) is 5.69 Å². The number of aliphatic carboxylic acids is 1. The summed E-state index contributed by atoms with van der Waals surface area (Å²) in [4.78, 5) is 13.3. The molecular weight excluding hydrogens is 256 g/mol. The van der Waals surface area contributed by atoms with Gasteiger partial charge in [0.25, 0.3) is 0 Å². The molecule has 0 spiro atoms. The number of benzene rings is 1. The van der Waals surface area contributed by atoms with Crippen molar-refractivity contribution in [3.05, 3.63) is 23.8 Å². The Balaban J connectivity index is 2.22. The molecule has 0 radical (unpaired) electrons. The minimum atomic E-state index is -0.747. The first-order chi connectivity index (χ1) is 9.50. The van der Waals surface area contributed by atoms with Gasteiger partial charge in [0, 0.05) is 19.2 Å². The van der Waals surface area contributed by atoms with Gasteiger partial charge in [-0.1, -0.05) is 0 Å². The normalized spacial score (nSPS) is 17.4. The average Bonchev–Trinajstić information content (AvgIpc) is 2.47. The minimum Gasteiger partial charge on any atom is -0.497 e. The van der Waals surface area contributed by atoms with Gasteiger partial charge < -0.3 is 14.7 Å². The van der Waals surface area contributed by atoms with Crippen LogP contribution < -0.4 is 9.64 Å². The lowest BCUT2D eigenvalue weighted by atomic mass is 9.80. The van der Waals surface area contributed by atoms with E-state index >= 15 is 0 Å². The van der Waals surface area contributed by atoms with Gasteiger partial charge in [-0.15, -0.1) is 0 Å². The van der Waals surface area contributed by atoms with Crippen LogP contribution in [0.25, 0.3) is 0 Å². The Labute approximate surface area is 118 Å². The standard InChI is InChI=1S/C15H18N2O3/c1-15(14(18)19)5-7-17(8-6-15)13-9-12(20-2)4-3-11(13)10-16/h3-4,9H,5-8H2,1-2H3,(H,18,19). The molecule has 1 aromatic rings. The Hall–Kier alpha value is -2.22. The van der Waals surface area contributed by atoms with E-state index in [1.807, 2.05) is 6.07 Å². The van der Waals surface area contributed by atoms with E-state index in [1.54, 1.807) is 26.2 Å². The van der Waals surface area contributed by atoms with E-state index in [4.69, 9.17) is 4.74 Å². The summed E-state index contributed by atoms with van der Waals surface area (Å²) in [6.07, 6.45) is 1.15. The van der Waals surface area contributed by atoms with Crippen LogP contribution in [0.1, 0.15) is 25.3 Å². The summed E-state index contributed by atoms with van der Waals surface area (Å²) >= 11 is 0. The van der Waals surface area contributed by atoms with Crippen LogP contribution in [0.3, 0.4) is 0 Å². The molecule has 0 amide bonds. The van der Waals surface area contributed by atoms with Crippen molar-refractivity contribution in [3.8, 4) is 11.8 Å². The van der Waals surface area contributed by atoms with Crippen molar-refractivity contribution >= 4 is 11.7 Å². The highest BCUT2D eigenvalue weighted by Gasteiger charge is 2.37. The number of rotatable bonds is 3. The number of carboxylic acids is 1. The Morgan fingerprint density at radius 1 is 1.45 bits per heavy atom. The zero-order valence-corrected chi connectivity index (χ0v) is 11.7. The quantitative estimate of drug-likeness (QED) is 0.915. The third-order valence-electron chi connectivity index (χ3n) is 4.05. The first kappa shape index (κ1) is 14.2. The molecule has 1 saturated heterocycles. The number of anilines is 1. The zero-order valence-electron chi connectivity index (χ0n) is 11.7. The van der Waals surface area contributed by atoms with Crippen LogP contribution in [0, 0.1) is 16.7 Å². The maximum atomic E-state index is 11.3. The summed E-state index contributed by atoms with van der Waals surface area (Å²) < 4.78 is 5.19. The second kappa shape index (κ2) is 5.41. The third-order valence-corrected chi connectivity index (χ3v) is 4.05. The number of piperidine rings is 1. The Bertz CT molecular complexity index is 555. The number of nitrogens with zero attached hydrogens (tertiary/aromatic N) is 2. The van der Waals surface area contributed by atoms with Crippen molar-refractivity contribution in [2.24, 2.45) is 5.41 Å². The summed E-state index contributed by atoms with van der Waals surface area (Å²) in [7, 11) is 1.59. The largest absolute Gasteiger partial charge is 0.497 e. The van der Waals surface area contributed by atoms with Crippen molar-refractivity contribution in [2.75, 3.05) is 25.1 Å². The molecule has 0 aliphatic carbocycles. The van der Waals surface area contributed by atoms with Gasteiger partial charge in [-0.3, -0.25) is 4.79 Å². The molecule has 20 heavy (non-hydrogen) atoms. The molecule has 0 aromatic heterocycles. The van der Waals surface area contributed by atoms with Crippen molar-refractivity contribution < 1.29 is 14.6 Å². The summed E-state index contributed by atoms with van der Waals surface area (Å²) in [5.41, 5.74) is 0.742.